The van der Waals surface area contributed by atoms with Crippen LogP contribution in [0.4, 0.5) is 0 Å². The quantitative estimate of drug-likeness (QED) is 0.600. The number of ether oxygens (including phenoxy) is 2. The van der Waals surface area contributed by atoms with Gasteiger partial charge in [-0.05, 0) is 62.7 Å². The number of fused-ring (bicyclic) bond motifs is 2. The van der Waals surface area contributed by atoms with Crippen molar-refractivity contribution in [3.05, 3.63) is 23.3 Å². The van der Waals surface area contributed by atoms with Crippen molar-refractivity contribution in [2.45, 2.75) is 69.7 Å². The zero-order valence-electron chi connectivity index (χ0n) is 16.3. The number of aliphatic hydroxyl groups is 3. The minimum absolute atomic E-state index is 0.00911. The summed E-state index contributed by atoms with van der Waals surface area (Å²) >= 11 is 0. The lowest BCUT2D eigenvalue weighted by Gasteiger charge is -2.45. The monoisotopic (exact) mass is 393 g/mol. The van der Waals surface area contributed by atoms with Crippen LogP contribution in [0.2, 0.25) is 0 Å². The van der Waals surface area contributed by atoms with Crippen LogP contribution in [0.3, 0.4) is 0 Å². The predicted octanol–water partition coefficient (Wildman–Crippen LogP) is 0.799. The molecule has 0 saturated carbocycles. The summed E-state index contributed by atoms with van der Waals surface area (Å²) in [5, 5.41) is 40.2. The molecular formula is C21H31NO6. The van der Waals surface area contributed by atoms with E-state index >= 15 is 0 Å². The number of benzene rings is 1. The van der Waals surface area contributed by atoms with Gasteiger partial charge in [-0.2, -0.15) is 0 Å². The maximum Gasteiger partial charge on any atom is 0.229 e. The lowest BCUT2D eigenvalue weighted by molar-refractivity contribution is -0.242. The van der Waals surface area contributed by atoms with Crippen molar-refractivity contribution in [1.82, 2.24) is 4.90 Å². The Kier molecular flexibility index (Phi) is 5.81. The zero-order valence-corrected chi connectivity index (χ0v) is 16.3. The molecule has 7 heteroatoms. The highest BCUT2D eigenvalue weighted by Crippen LogP contribution is 2.43. The molecular weight excluding hydrogens is 362 g/mol. The number of likely N-dealkylation sites (tertiary alicyclic amines) is 1. The van der Waals surface area contributed by atoms with E-state index in [1.165, 1.54) is 6.42 Å². The van der Waals surface area contributed by atoms with E-state index in [1.54, 1.807) is 6.07 Å². The topological polar surface area (TPSA) is 103 Å². The van der Waals surface area contributed by atoms with Crippen LogP contribution in [0.1, 0.15) is 37.3 Å². The average molecular weight is 393 g/mol. The summed E-state index contributed by atoms with van der Waals surface area (Å²) < 4.78 is 11.2. The zero-order chi connectivity index (χ0) is 19.8. The summed E-state index contributed by atoms with van der Waals surface area (Å²) in [6.45, 7) is 4.34. The van der Waals surface area contributed by atoms with Crippen molar-refractivity contribution < 1.29 is 29.9 Å². The normalized spacial score (nSPS) is 35.9. The van der Waals surface area contributed by atoms with Crippen LogP contribution < -0.4 is 4.74 Å². The molecule has 0 spiro atoms. The highest BCUT2D eigenvalue weighted by Gasteiger charge is 2.41. The lowest BCUT2D eigenvalue weighted by Crippen LogP contribution is -2.55. The third-order valence-corrected chi connectivity index (χ3v) is 6.46. The molecule has 1 aromatic carbocycles. The highest BCUT2D eigenvalue weighted by molar-refractivity contribution is 5.52. The Labute approximate surface area is 165 Å². The summed E-state index contributed by atoms with van der Waals surface area (Å²) in [5.74, 6) is 0.854. The predicted molar refractivity (Wildman–Crippen MR) is 102 cm³/mol. The summed E-state index contributed by atoms with van der Waals surface area (Å²) in [6, 6.07) is 4.11. The molecule has 0 radical (unpaired) electrons. The van der Waals surface area contributed by atoms with Gasteiger partial charge in [0, 0.05) is 11.6 Å². The van der Waals surface area contributed by atoms with E-state index in [-0.39, 0.29) is 12.4 Å². The van der Waals surface area contributed by atoms with Gasteiger partial charge < -0.3 is 29.9 Å². The van der Waals surface area contributed by atoms with Gasteiger partial charge in [-0.3, -0.25) is 4.90 Å². The highest BCUT2D eigenvalue weighted by atomic mass is 16.7. The van der Waals surface area contributed by atoms with Crippen molar-refractivity contribution in [1.29, 1.82) is 0 Å². The first-order valence-corrected chi connectivity index (χ1v) is 10.4. The molecule has 2 heterocycles. The van der Waals surface area contributed by atoms with E-state index < -0.39 is 24.6 Å². The lowest BCUT2D eigenvalue weighted by atomic mass is 9.75. The molecule has 28 heavy (non-hydrogen) atoms. The van der Waals surface area contributed by atoms with Crippen molar-refractivity contribution in [3.63, 3.8) is 0 Å². The molecule has 1 aromatic rings. The van der Waals surface area contributed by atoms with Gasteiger partial charge >= 0.3 is 0 Å². The molecule has 4 N–H and O–H groups in total. The fourth-order valence-electron chi connectivity index (χ4n) is 5.00. The second kappa shape index (κ2) is 8.16. The molecule has 3 aliphatic rings. The second-order valence-electron chi connectivity index (χ2n) is 8.33. The van der Waals surface area contributed by atoms with Crippen molar-refractivity contribution in [2.24, 2.45) is 5.92 Å². The third kappa shape index (κ3) is 3.62. The summed E-state index contributed by atoms with van der Waals surface area (Å²) in [7, 11) is 0. The molecule has 0 unspecified atom stereocenters. The standard InChI is InChI=1S/C21H31NO6/c1-2-7-22-8-3-4-13-9-14-12(10-15(13)22)5-6-16(23)20(14)28-21-19(26)18(25)17(24)11-27-21/h5-6,13,15,17-19,21,23-26H,2-4,7-11H2,1H3/t13-,15-,17+,18+,19-,21+/m1/s1. The van der Waals surface area contributed by atoms with Crippen LogP contribution in [0.5, 0.6) is 11.5 Å². The summed E-state index contributed by atoms with van der Waals surface area (Å²) in [4.78, 5) is 2.59. The molecule has 2 aliphatic heterocycles. The van der Waals surface area contributed by atoms with Gasteiger partial charge in [0.1, 0.15) is 18.3 Å². The number of aromatic hydroxyl groups is 1. The molecule has 0 amide bonds. The smallest absolute Gasteiger partial charge is 0.229 e. The average Bonchev–Trinajstić information content (AvgIpc) is 2.69. The van der Waals surface area contributed by atoms with Gasteiger partial charge in [0.25, 0.3) is 0 Å². The Hall–Kier alpha value is -1.38. The molecule has 2 fully saturated rings. The number of aliphatic hydroxyl groups excluding tert-OH is 3. The summed E-state index contributed by atoms with van der Waals surface area (Å²) in [5.41, 5.74) is 2.12. The molecule has 2 saturated heterocycles. The van der Waals surface area contributed by atoms with Gasteiger partial charge in [-0.15, -0.1) is 0 Å². The van der Waals surface area contributed by atoms with Gasteiger partial charge in [0.05, 0.1) is 6.61 Å². The molecule has 156 valence electrons. The summed E-state index contributed by atoms with van der Waals surface area (Å²) in [6.07, 6.45) is 0.218. The number of hydrogen-bond donors (Lipinski definition) is 4. The van der Waals surface area contributed by atoms with Gasteiger partial charge in [0.15, 0.2) is 11.5 Å². The van der Waals surface area contributed by atoms with Crippen LogP contribution in [0.15, 0.2) is 12.1 Å². The maximum absolute atomic E-state index is 10.4. The Bertz CT molecular complexity index is 696. The minimum Gasteiger partial charge on any atom is -0.504 e. The third-order valence-electron chi connectivity index (χ3n) is 6.46. The number of phenols is 1. The van der Waals surface area contributed by atoms with E-state index in [1.807, 2.05) is 6.07 Å². The first-order valence-electron chi connectivity index (χ1n) is 10.4. The van der Waals surface area contributed by atoms with E-state index in [9.17, 15) is 20.4 Å². The Morgan fingerprint density at radius 2 is 2.00 bits per heavy atom. The Morgan fingerprint density at radius 3 is 2.79 bits per heavy atom. The molecule has 6 atom stereocenters. The molecule has 4 rings (SSSR count). The van der Waals surface area contributed by atoms with Crippen LogP contribution in [0.25, 0.3) is 0 Å². The molecule has 0 aromatic heterocycles. The van der Waals surface area contributed by atoms with E-state index in [4.69, 9.17) is 9.47 Å². The number of rotatable bonds is 4. The van der Waals surface area contributed by atoms with Crippen LogP contribution in [0, 0.1) is 5.92 Å². The fraction of sp³-hybridized carbons (Fsp3) is 0.714. The Balaban J connectivity index is 1.59. The van der Waals surface area contributed by atoms with Gasteiger partial charge in [0.2, 0.25) is 6.29 Å². The van der Waals surface area contributed by atoms with Gasteiger partial charge in [-0.25, -0.2) is 0 Å². The number of nitrogens with zero attached hydrogens (tertiary/aromatic N) is 1. The fourth-order valence-corrected chi connectivity index (χ4v) is 5.00. The Morgan fingerprint density at radius 1 is 1.18 bits per heavy atom. The largest absolute Gasteiger partial charge is 0.504 e. The van der Waals surface area contributed by atoms with Crippen LogP contribution >= 0.6 is 0 Å². The van der Waals surface area contributed by atoms with E-state index in [2.05, 4.69) is 11.8 Å². The SMILES string of the molecule is CCCN1CCC[C@@H]2Cc3c(ccc(O)c3O[C@@H]3OC[C@H](O)[C@H](O)[C@H]3O)C[C@H]21. The molecule has 0 bridgehead atoms. The molecule has 7 nitrogen and oxygen atoms in total. The number of hydrogen-bond acceptors (Lipinski definition) is 7. The maximum atomic E-state index is 10.4. The van der Waals surface area contributed by atoms with Crippen molar-refractivity contribution in [3.8, 4) is 11.5 Å². The van der Waals surface area contributed by atoms with E-state index in [0.29, 0.717) is 17.7 Å². The molecule has 1 aliphatic carbocycles. The second-order valence-corrected chi connectivity index (χ2v) is 8.33. The van der Waals surface area contributed by atoms with Crippen molar-refractivity contribution >= 4 is 0 Å². The number of piperidine rings is 1. The van der Waals surface area contributed by atoms with Crippen LogP contribution in [-0.4, -0.2) is 75.7 Å². The first kappa shape index (κ1) is 19.9. The van der Waals surface area contributed by atoms with Crippen LogP contribution in [-0.2, 0) is 17.6 Å². The minimum atomic E-state index is -1.38. The van der Waals surface area contributed by atoms with Crippen molar-refractivity contribution in [2.75, 3.05) is 19.7 Å². The van der Waals surface area contributed by atoms with Gasteiger partial charge in [-0.1, -0.05) is 13.0 Å². The number of phenolic OH excluding ortho intramolecular Hbond substituents is 1. The first-order chi connectivity index (χ1) is 13.5. The van der Waals surface area contributed by atoms with E-state index in [0.717, 1.165) is 49.9 Å².